The highest BCUT2D eigenvalue weighted by Gasteiger charge is 2.19. The SMILES string of the molecule is CC.CCC(CC=O)c1ccc(OC)c(OC2CCCC2)c1. The molecule has 1 atom stereocenters. The summed E-state index contributed by atoms with van der Waals surface area (Å²) in [6, 6.07) is 6.04. The Morgan fingerprint density at radius 3 is 2.45 bits per heavy atom. The van der Waals surface area contributed by atoms with E-state index in [0.29, 0.717) is 12.5 Å². The fourth-order valence-electron chi connectivity index (χ4n) is 2.88. The summed E-state index contributed by atoms with van der Waals surface area (Å²) in [4.78, 5) is 10.8. The van der Waals surface area contributed by atoms with E-state index in [9.17, 15) is 4.79 Å². The average molecular weight is 306 g/mol. The summed E-state index contributed by atoms with van der Waals surface area (Å²) in [6.45, 7) is 6.11. The van der Waals surface area contributed by atoms with Gasteiger partial charge in [-0.2, -0.15) is 0 Å². The van der Waals surface area contributed by atoms with Gasteiger partial charge in [-0.25, -0.2) is 0 Å². The second-order valence-corrected chi connectivity index (χ2v) is 5.44. The monoisotopic (exact) mass is 306 g/mol. The van der Waals surface area contributed by atoms with E-state index in [-0.39, 0.29) is 5.92 Å². The quantitative estimate of drug-likeness (QED) is 0.655. The molecule has 3 nitrogen and oxygen atoms in total. The Hall–Kier alpha value is -1.51. The summed E-state index contributed by atoms with van der Waals surface area (Å²) < 4.78 is 11.5. The zero-order valence-corrected chi connectivity index (χ0v) is 14.4. The predicted molar refractivity (Wildman–Crippen MR) is 90.9 cm³/mol. The lowest BCUT2D eigenvalue weighted by atomic mass is 9.93. The van der Waals surface area contributed by atoms with Crippen molar-refractivity contribution in [2.75, 3.05) is 7.11 Å². The number of carbonyl (C=O) groups excluding carboxylic acids is 1. The molecule has 22 heavy (non-hydrogen) atoms. The molecule has 0 radical (unpaired) electrons. The molecule has 0 saturated heterocycles. The number of hydrogen-bond donors (Lipinski definition) is 0. The maximum atomic E-state index is 10.8. The Bertz CT molecular complexity index is 436. The van der Waals surface area contributed by atoms with E-state index < -0.39 is 0 Å². The number of ether oxygens (including phenoxy) is 2. The van der Waals surface area contributed by atoms with Gasteiger partial charge in [-0.05, 0) is 55.7 Å². The number of rotatable bonds is 7. The van der Waals surface area contributed by atoms with Crippen molar-refractivity contribution >= 4 is 6.29 Å². The number of hydrogen-bond acceptors (Lipinski definition) is 3. The van der Waals surface area contributed by atoms with Crippen LogP contribution in [-0.2, 0) is 4.79 Å². The zero-order chi connectivity index (χ0) is 16.4. The minimum absolute atomic E-state index is 0.268. The largest absolute Gasteiger partial charge is 0.493 e. The molecule has 0 bridgehead atoms. The molecule has 1 fully saturated rings. The summed E-state index contributed by atoms with van der Waals surface area (Å²) in [5.74, 6) is 1.87. The number of benzene rings is 1. The van der Waals surface area contributed by atoms with Crippen LogP contribution < -0.4 is 9.47 Å². The van der Waals surface area contributed by atoms with E-state index in [2.05, 4.69) is 13.0 Å². The molecular weight excluding hydrogens is 276 g/mol. The van der Waals surface area contributed by atoms with Crippen molar-refractivity contribution in [3.63, 3.8) is 0 Å². The third-order valence-corrected chi connectivity index (χ3v) is 4.13. The minimum Gasteiger partial charge on any atom is -0.493 e. The van der Waals surface area contributed by atoms with Crippen molar-refractivity contribution in [3.05, 3.63) is 23.8 Å². The van der Waals surface area contributed by atoms with E-state index in [1.54, 1.807) is 7.11 Å². The summed E-state index contributed by atoms with van der Waals surface area (Å²) in [6.07, 6.45) is 7.56. The highest BCUT2D eigenvalue weighted by molar-refractivity contribution is 5.53. The predicted octanol–water partition coefficient (Wildman–Crippen LogP) is 5.13. The van der Waals surface area contributed by atoms with E-state index in [1.807, 2.05) is 26.0 Å². The Morgan fingerprint density at radius 2 is 1.91 bits per heavy atom. The van der Waals surface area contributed by atoms with Gasteiger partial charge in [-0.15, -0.1) is 0 Å². The molecule has 1 unspecified atom stereocenters. The van der Waals surface area contributed by atoms with Crippen LogP contribution >= 0.6 is 0 Å². The van der Waals surface area contributed by atoms with Crippen molar-refractivity contribution in [3.8, 4) is 11.5 Å². The summed E-state index contributed by atoms with van der Waals surface area (Å²) in [5, 5.41) is 0. The minimum atomic E-state index is 0.268. The van der Waals surface area contributed by atoms with Crippen molar-refractivity contribution in [1.82, 2.24) is 0 Å². The molecule has 0 amide bonds. The number of carbonyl (C=O) groups is 1. The first-order valence-corrected chi connectivity index (χ1v) is 8.56. The van der Waals surface area contributed by atoms with Crippen molar-refractivity contribution < 1.29 is 14.3 Å². The molecule has 124 valence electrons. The standard InChI is InChI=1S/C17H24O3.C2H6/c1-3-13(10-11-18)14-8-9-16(19-2)17(12-14)20-15-6-4-5-7-15;1-2/h8-9,11-13,15H,3-7,10H2,1-2H3;1-2H3. The smallest absolute Gasteiger partial charge is 0.161 e. The summed E-state index contributed by atoms with van der Waals surface area (Å²) >= 11 is 0. The van der Waals surface area contributed by atoms with Gasteiger partial charge in [0.25, 0.3) is 0 Å². The molecule has 1 aromatic rings. The molecular formula is C19H30O3. The fourth-order valence-corrected chi connectivity index (χ4v) is 2.88. The van der Waals surface area contributed by atoms with Gasteiger partial charge in [0.1, 0.15) is 6.29 Å². The van der Waals surface area contributed by atoms with Gasteiger partial charge in [0, 0.05) is 6.42 Å². The normalized spacial score (nSPS) is 15.6. The maximum absolute atomic E-state index is 10.8. The van der Waals surface area contributed by atoms with E-state index in [1.165, 1.54) is 12.8 Å². The lowest BCUT2D eigenvalue weighted by molar-refractivity contribution is -0.108. The first kappa shape index (κ1) is 18.5. The average Bonchev–Trinajstić information content (AvgIpc) is 3.07. The molecule has 0 spiro atoms. The first-order chi connectivity index (χ1) is 10.8. The van der Waals surface area contributed by atoms with Gasteiger partial charge in [-0.1, -0.05) is 26.8 Å². The van der Waals surface area contributed by atoms with Crippen molar-refractivity contribution in [2.45, 2.75) is 71.3 Å². The molecule has 0 aromatic heterocycles. The Morgan fingerprint density at radius 1 is 1.23 bits per heavy atom. The lowest BCUT2D eigenvalue weighted by Crippen LogP contribution is -2.12. The Kier molecular flexibility index (Phi) is 8.64. The maximum Gasteiger partial charge on any atom is 0.161 e. The highest BCUT2D eigenvalue weighted by Crippen LogP contribution is 2.35. The van der Waals surface area contributed by atoms with Crippen LogP contribution in [0.15, 0.2) is 18.2 Å². The van der Waals surface area contributed by atoms with Gasteiger partial charge < -0.3 is 14.3 Å². The summed E-state index contributed by atoms with van der Waals surface area (Å²) in [7, 11) is 1.67. The van der Waals surface area contributed by atoms with Gasteiger partial charge in [0.15, 0.2) is 11.5 Å². The second-order valence-electron chi connectivity index (χ2n) is 5.44. The summed E-state index contributed by atoms with van der Waals surface area (Å²) in [5.41, 5.74) is 1.16. The van der Waals surface area contributed by atoms with Crippen LogP contribution in [0.1, 0.15) is 70.8 Å². The molecule has 1 aliphatic rings. The third kappa shape index (κ3) is 5.04. The van der Waals surface area contributed by atoms with Gasteiger partial charge in [0.05, 0.1) is 13.2 Å². The first-order valence-electron chi connectivity index (χ1n) is 8.56. The zero-order valence-electron chi connectivity index (χ0n) is 14.4. The van der Waals surface area contributed by atoms with Gasteiger partial charge in [0.2, 0.25) is 0 Å². The van der Waals surface area contributed by atoms with Crippen molar-refractivity contribution in [2.24, 2.45) is 0 Å². The fraction of sp³-hybridized carbons (Fsp3) is 0.632. The van der Waals surface area contributed by atoms with Gasteiger partial charge in [-0.3, -0.25) is 0 Å². The highest BCUT2D eigenvalue weighted by atomic mass is 16.5. The van der Waals surface area contributed by atoms with Gasteiger partial charge >= 0.3 is 0 Å². The van der Waals surface area contributed by atoms with E-state index in [0.717, 1.165) is 42.6 Å². The molecule has 1 saturated carbocycles. The molecule has 0 aliphatic heterocycles. The third-order valence-electron chi connectivity index (χ3n) is 4.13. The molecule has 0 N–H and O–H groups in total. The molecule has 2 rings (SSSR count). The van der Waals surface area contributed by atoms with Crippen molar-refractivity contribution in [1.29, 1.82) is 0 Å². The second kappa shape index (κ2) is 10.3. The molecule has 3 heteroatoms. The Labute approximate surface area is 135 Å². The molecule has 1 aromatic carbocycles. The lowest BCUT2D eigenvalue weighted by Gasteiger charge is -2.19. The number of aldehydes is 1. The van der Waals surface area contributed by atoms with Crippen LogP contribution in [0.3, 0.4) is 0 Å². The molecule has 1 aliphatic carbocycles. The van der Waals surface area contributed by atoms with Crippen LogP contribution in [-0.4, -0.2) is 19.5 Å². The molecule has 0 heterocycles. The Balaban J connectivity index is 0.00000116. The van der Waals surface area contributed by atoms with Crippen LogP contribution in [0.4, 0.5) is 0 Å². The van der Waals surface area contributed by atoms with E-state index in [4.69, 9.17) is 9.47 Å². The van der Waals surface area contributed by atoms with E-state index >= 15 is 0 Å². The number of methoxy groups -OCH3 is 1. The van der Waals surface area contributed by atoms with Crippen LogP contribution in [0.2, 0.25) is 0 Å². The topological polar surface area (TPSA) is 35.5 Å². The van der Waals surface area contributed by atoms with Crippen LogP contribution in [0, 0.1) is 0 Å². The van der Waals surface area contributed by atoms with Crippen LogP contribution in [0.25, 0.3) is 0 Å². The van der Waals surface area contributed by atoms with Crippen LogP contribution in [0.5, 0.6) is 11.5 Å².